The minimum atomic E-state index is -0.360. The van der Waals surface area contributed by atoms with Crippen molar-refractivity contribution in [2.75, 3.05) is 19.7 Å². The molecule has 5 rings (SSSR count). The lowest BCUT2D eigenvalue weighted by Gasteiger charge is -2.43. The fourth-order valence-corrected chi connectivity index (χ4v) is 5.31. The second kappa shape index (κ2) is 9.82. The van der Waals surface area contributed by atoms with Gasteiger partial charge in [-0.05, 0) is 41.7 Å². The SMILES string of the molecule is C[C@@H]1CN(C(=O)OCC2c3ccccc3-c3ccccc32)C[C@@H](C)N1C(=O)OCc1ccccc1. The first-order valence-corrected chi connectivity index (χ1v) is 12.1. The first kappa shape index (κ1) is 23.0. The zero-order valence-electron chi connectivity index (χ0n) is 20.1. The Morgan fingerprint density at radius 3 is 1.89 bits per heavy atom. The molecule has 0 radical (unpaired) electrons. The van der Waals surface area contributed by atoms with E-state index in [4.69, 9.17) is 9.47 Å². The smallest absolute Gasteiger partial charge is 0.410 e. The van der Waals surface area contributed by atoms with E-state index in [9.17, 15) is 9.59 Å². The van der Waals surface area contributed by atoms with Gasteiger partial charge in [-0.15, -0.1) is 0 Å². The molecule has 0 saturated carbocycles. The lowest BCUT2D eigenvalue weighted by molar-refractivity contribution is 0.0154. The topological polar surface area (TPSA) is 59.1 Å². The Kier molecular flexibility index (Phi) is 6.45. The van der Waals surface area contributed by atoms with E-state index in [1.54, 1.807) is 9.80 Å². The Bertz CT molecular complexity index is 1150. The van der Waals surface area contributed by atoms with E-state index in [1.807, 2.05) is 68.4 Å². The number of carbonyl (C=O) groups is 2. The van der Waals surface area contributed by atoms with Crippen LogP contribution in [0.3, 0.4) is 0 Å². The molecule has 1 aliphatic heterocycles. The zero-order valence-corrected chi connectivity index (χ0v) is 20.1. The summed E-state index contributed by atoms with van der Waals surface area (Å²) in [5.74, 6) is 0.0236. The number of fused-ring (bicyclic) bond motifs is 3. The van der Waals surface area contributed by atoms with Gasteiger partial charge in [0, 0.05) is 19.0 Å². The minimum Gasteiger partial charge on any atom is -0.448 e. The lowest BCUT2D eigenvalue weighted by Crippen LogP contribution is -2.60. The van der Waals surface area contributed by atoms with Crippen LogP contribution in [0.5, 0.6) is 0 Å². The highest BCUT2D eigenvalue weighted by molar-refractivity contribution is 5.79. The van der Waals surface area contributed by atoms with Crippen LogP contribution in [0.4, 0.5) is 9.59 Å². The molecule has 180 valence electrons. The average Bonchev–Trinajstić information content (AvgIpc) is 3.20. The number of hydrogen-bond acceptors (Lipinski definition) is 4. The number of ether oxygens (including phenoxy) is 2. The van der Waals surface area contributed by atoms with Crippen molar-refractivity contribution in [1.82, 2.24) is 9.80 Å². The van der Waals surface area contributed by atoms with Gasteiger partial charge in [0.25, 0.3) is 0 Å². The second-order valence-corrected chi connectivity index (χ2v) is 9.35. The van der Waals surface area contributed by atoms with Gasteiger partial charge in [-0.25, -0.2) is 9.59 Å². The summed E-state index contributed by atoms with van der Waals surface area (Å²) < 4.78 is 11.4. The van der Waals surface area contributed by atoms with Gasteiger partial charge in [-0.3, -0.25) is 4.90 Å². The molecule has 3 aromatic rings. The van der Waals surface area contributed by atoms with Crippen molar-refractivity contribution in [1.29, 1.82) is 0 Å². The van der Waals surface area contributed by atoms with Crippen molar-refractivity contribution in [2.45, 2.75) is 38.5 Å². The molecule has 0 unspecified atom stereocenters. The Labute approximate surface area is 206 Å². The predicted molar refractivity (Wildman–Crippen MR) is 134 cm³/mol. The number of carbonyl (C=O) groups excluding carboxylic acids is 2. The normalized spacial score (nSPS) is 19.1. The highest BCUT2D eigenvalue weighted by atomic mass is 16.6. The summed E-state index contributed by atoms with van der Waals surface area (Å²) >= 11 is 0. The van der Waals surface area contributed by atoms with Gasteiger partial charge < -0.3 is 14.4 Å². The van der Waals surface area contributed by atoms with Crippen LogP contribution >= 0.6 is 0 Å². The fraction of sp³-hybridized carbons (Fsp3) is 0.310. The van der Waals surface area contributed by atoms with Crippen LogP contribution < -0.4 is 0 Å². The summed E-state index contributed by atoms with van der Waals surface area (Å²) in [5.41, 5.74) is 5.73. The van der Waals surface area contributed by atoms with Crippen molar-refractivity contribution in [3.05, 3.63) is 95.6 Å². The van der Waals surface area contributed by atoms with E-state index in [-0.39, 0.29) is 43.4 Å². The maximum atomic E-state index is 13.0. The Morgan fingerprint density at radius 1 is 0.743 bits per heavy atom. The molecule has 2 atom stereocenters. The van der Waals surface area contributed by atoms with Gasteiger partial charge in [0.15, 0.2) is 0 Å². The van der Waals surface area contributed by atoms with Crippen LogP contribution in [0.25, 0.3) is 11.1 Å². The third-order valence-corrected chi connectivity index (χ3v) is 6.93. The zero-order chi connectivity index (χ0) is 24.4. The molecule has 0 aromatic heterocycles. The van der Waals surface area contributed by atoms with Crippen molar-refractivity contribution < 1.29 is 19.1 Å². The van der Waals surface area contributed by atoms with Gasteiger partial charge >= 0.3 is 12.2 Å². The van der Waals surface area contributed by atoms with Crippen molar-refractivity contribution >= 4 is 12.2 Å². The van der Waals surface area contributed by atoms with E-state index < -0.39 is 0 Å². The molecule has 6 heteroatoms. The predicted octanol–water partition coefficient (Wildman–Crippen LogP) is 5.67. The molecule has 35 heavy (non-hydrogen) atoms. The number of benzene rings is 3. The molecular weight excluding hydrogens is 440 g/mol. The van der Waals surface area contributed by atoms with Crippen LogP contribution in [0.15, 0.2) is 78.9 Å². The Hall–Kier alpha value is -3.80. The van der Waals surface area contributed by atoms with Crippen LogP contribution in [0.1, 0.15) is 36.5 Å². The summed E-state index contributed by atoms with van der Waals surface area (Å²) in [7, 11) is 0. The van der Waals surface area contributed by atoms with E-state index in [0.717, 1.165) is 5.56 Å². The summed E-state index contributed by atoms with van der Waals surface area (Å²) in [6.45, 7) is 5.19. The number of hydrogen-bond donors (Lipinski definition) is 0. The van der Waals surface area contributed by atoms with Crippen LogP contribution in [-0.4, -0.2) is 53.8 Å². The number of piperazine rings is 1. The molecule has 1 heterocycles. The molecule has 0 bridgehead atoms. The first-order valence-electron chi connectivity index (χ1n) is 12.1. The number of rotatable bonds is 4. The number of amides is 2. The molecule has 1 aliphatic carbocycles. The monoisotopic (exact) mass is 470 g/mol. The van der Waals surface area contributed by atoms with E-state index in [0.29, 0.717) is 13.1 Å². The lowest BCUT2D eigenvalue weighted by atomic mass is 9.98. The van der Waals surface area contributed by atoms with Crippen molar-refractivity contribution in [2.24, 2.45) is 0 Å². The average molecular weight is 471 g/mol. The number of nitrogens with zero attached hydrogens (tertiary/aromatic N) is 2. The fourth-order valence-electron chi connectivity index (χ4n) is 5.31. The molecular formula is C29H30N2O4. The largest absolute Gasteiger partial charge is 0.448 e. The molecule has 6 nitrogen and oxygen atoms in total. The highest BCUT2D eigenvalue weighted by Gasteiger charge is 2.37. The summed E-state index contributed by atoms with van der Waals surface area (Å²) in [4.78, 5) is 29.2. The highest BCUT2D eigenvalue weighted by Crippen LogP contribution is 2.44. The Balaban J connectivity index is 1.19. The third-order valence-electron chi connectivity index (χ3n) is 6.93. The molecule has 3 aromatic carbocycles. The maximum Gasteiger partial charge on any atom is 0.410 e. The van der Waals surface area contributed by atoms with Crippen molar-refractivity contribution in [3.63, 3.8) is 0 Å². The van der Waals surface area contributed by atoms with E-state index in [2.05, 4.69) is 24.3 Å². The summed E-state index contributed by atoms with van der Waals surface area (Å²) in [6, 6.07) is 25.9. The minimum absolute atomic E-state index is 0.0236. The van der Waals surface area contributed by atoms with Crippen LogP contribution in [0.2, 0.25) is 0 Å². The summed E-state index contributed by atoms with van der Waals surface area (Å²) in [5, 5.41) is 0. The van der Waals surface area contributed by atoms with Gasteiger partial charge in [-0.1, -0.05) is 78.9 Å². The van der Waals surface area contributed by atoms with Crippen LogP contribution in [-0.2, 0) is 16.1 Å². The van der Waals surface area contributed by atoms with E-state index >= 15 is 0 Å². The van der Waals surface area contributed by atoms with Gasteiger partial charge in [0.2, 0.25) is 0 Å². The first-order chi connectivity index (χ1) is 17.0. The van der Waals surface area contributed by atoms with Gasteiger partial charge in [0.1, 0.15) is 13.2 Å². The molecule has 0 N–H and O–H groups in total. The molecule has 0 spiro atoms. The van der Waals surface area contributed by atoms with E-state index in [1.165, 1.54) is 22.3 Å². The van der Waals surface area contributed by atoms with Crippen molar-refractivity contribution in [3.8, 4) is 11.1 Å². The molecule has 1 saturated heterocycles. The maximum absolute atomic E-state index is 13.0. The quantitative estimate of drug-likeness (QED) is 0.493. The standard InChI is InChI=1S/C29H30N2O4/c1-20-16-30(17-21(2)31(20)29(33)34-18-22-10-4-3-5-11-22)28(32)35-19-27-25-14-8-6-12-23(25)24-13-7-9-15-26(24)27/h3-15,20-21,27H,16-19H2,1-2H3/t20-,21-/m1/s1. The molecule has 1 fully saturated rings. The van der Waals surface area contributed by atoms with Gasteiger partial charge in [-0.2, -0.15) is 0 Å². The molecule has 2 aliphatic rings. The Morgan fingerprint density at radius 2 is 1.29 bits per heavy atom. The third kappa shape index (κ3) is 4.61. The molecule has 2 amide bonds. The summed E-state index contributed by atoms with van der Waals surface area (Å²) in [6.07, 6.45) is -0.705. The second-order valence-electron chi connectivity index (χ2n) is 9.35. The van der Waals surface area contributed by atoms with Gasteiger partial charge in [0.05, 0.1) is 12.1 Å². The van der Waals surface area contributed by atoms with Crippen LogP contribution in [0, 0.1) is 0 Å².